The Morgan fingerprint density at radius 2 is 1.76 bits per heavy atom. The molecule has 1 aromatic heterocycles. The summed E-state index contributed by atoms with van der Waals surface area (Å²) in [5, 5.41) is 20.4. The predicted octanol–water partition coefficient (Wildman–Crippen LogP) is 4.18. The van der Waals surface area contributed by atoms with Crippen molar-refractivity contribution >= 4 is 10.8 Å². The van der Waals surface area contributed by atoms with E-state index in [0.717, 1.165) is 33.2 Å². The zero-order chi connectivity index (χ0) is 19.8. The van der Waals surface area contributed by atoms with Gasteiger partial charge in [0.25, 0.3) is 0 Å². The summed E-state index contributed by atoms with van der Waals surface area (Å²) in [5.41, 5.74) is 3.30. The van der Waals surface area contributed by atoms with E-state index in [1.54, 1.807) is 10.9 Å². The summed E-state index contributed by atoms with van der Waals surface area (Å²) in [6.45, 7) is 0.620. The first-order chi connectivity index (χ1) is 14.3. The van der Waals surface area contributed by atoms with Gasteiger partial charge in [-0.05, 0) is 28.8 Å². The highest BCUT2D eigenvalue weighted by Crippen LogP contribution is 2.47. The third kappa shape index (κ3) is 2.91. The molecule has 0 radical (unpaired) electrons. The van der Waals surface area contributed by atoms with Crippen molar-refractivity contribution in [2.45, 2.75) is 18.9 Å². The fourth-order valence-corrected chi connectivity index (χ4v) is 4.15. The normalized spacial score (nSPS) is 14.9. The summed E-state index contributed by atoms with van der Waals surface area (Å²) >= 11 is 0. The molecule has 29 heavy (non-hydrogen) atoms. The number of fused-ring (bicyclic) bond motifs is 4. The fraction of sp³-hybridized carbons (Fsp3) is 0.167. The quantitative estimate of drug-likeness (QED) is 0.489. The van der Waals surface area contributed by atoms with Gasteiger partial charge in [0.05, 0.1) is 5.56 Å². The van der Waals surface area contributed by atoms with E-state index < -0.39 is 0 Å². The zero-order valence-electron chi connectivity index (χ0n) is 15.9. The number of nitrogens with zero attached hydrogens (tertiary/aromatic N) is 2. The van der Waals surface area contributed by atoms with Crippen LogP contribution in [0.1, 0.15) is 29.0 Å². The second kappa shape index (κ2) is 7.18. The standard InChI is InChI=1S/C24H21N3O2/c25-23-22-20(17-8-2-1-3-9-17)21-18-10-5-4-7-16(18)11-12-19(21)29-24(22)26-15-27(23)13-6-14-28/h1-5,7-12,15,20,25,28H,6,13-14H2. The fourth-order valence-electron chi connectivity index (χ4n) is 4.15. The van der Waals surface area contributed by atoms with E-state index >= 15 is 0 Å². The maximum absolute atomic E-state index is 9.22. The largest absolute Gasteiger partial charge is 0.438 e. The van der Waals surface area contributed by atoms with Crippen LogP contribution in [-0.4, -0.2) is 21.3 Å². The number of aromatic nitrogens is 2. The highest BCUT2D eigenvalue weighted by molar-refractivity contribution is 5.90. The molecular weight excluding hydrogens is 362 g/mol. The molecule has 0 saturated heterocycles. The number of nitrogens with one attached hydrogen (secondary N) is 1. The summed E-state index contributed by atoms with van der Waals surface area (Å²) in [4.78, 5) is 4.53. The van der Waals surface area contributed by atoms with Crippen molar-refractivity contribution in [2.24, 2.45) is 0 Å². The number of aliphatic hydroxyl groups excluding tert-OH is 1. The van der Waals surface area contributed by atoms with Crippen LogP contribution in [0.4, 0.5) is 0 Å². The topological polar surface area (TPSA) is 71.1 Å². The Balaban J connectivity index is 1.81. The van der Waals surface area contributed by atoms with E-state index in [2.05, 4.69) is 35.3 Å². The van der Waals surface area contributed by atoms with Gasteiger partial charge in [0.2, 0.25) is 5.88 Å². The second-order valence-corrected chi connectivity index (χ2v) is 7.23. The van der Waals surface area contributed by atoms with Crippen molar-refractivity contribution in [3.63, 3.8) is 0 Å². The molecule has 5 nitrogen and oxygen atoms in total. The third-order valence-electron chi connectivity index (χ3n) is 5.49. The van der Waals surface area contributed by atoms with Crippen LogP contribution in [0.2, 0.25) is 0 Å². The van der Waals surface area contributed by atoms with Crippen LogP contribution in [0, 0.1) is 5.41 Å². The molecular formula is C24H21N3O2. The van der Waals surface area contributed by atoms with Gasteiger partial charge in [-0.1, -0.05) is 60.7 Å². The smallest absolute Gasteiger partial charge is 0.228 e. The van der Waals surface area contributed by atoms with Crippen molar-refractivity contribution in [1.82, 2.24) is 9.55 Å². The lowest BCUT2D eigenvalue weighted by molar-refractivity contribution is 0.278. The molecule has 4 aromatic rings. The number of aliphatic hydroxyl groups is 1. The monoisotopic (exact) mass is 383 g/mol. The predicted molar refractivity (Wildman–Crippen MR) is 111 cm³/mol. The molecule has 1 aliphatic heterocycles. The van der Waals surface area contributed by atoms with Gasteiger partial charge in [-0.2, -0.15) is 0 Å². The van der Waals surface area contributed by atoms with Crippen LogP contribution < -0.4 is 10.2 Å². The molecule has 0 spiro atoms. The molecule has 2 heterocycles. The average molecular weight is 383 g/mol. The molecule has 0 bridgehead atoms. The van der Waals surface area contributed by atoms with Gasteiger partial charge >= 0.3 is 0 Å². The summed E-state index contributed by atoms with van der Waals surface area (Å²) in [6, 6.07) is 22.6. The van der Waals surface area contributed by atoms with Crippen LogP contribution in [-0.2, 0) is 6.54 Å². The Labute approximate surface area is 168 Å². The summed E-state index contributed by atoms with van der Waals surface area (Å²) in [7, 11) is 0. The first-order valence-corrected chi connectivity index (χ1v) is 9.77. The Kier molecular flexibility index (Phi) is 4.37. The maximum Gasteiger partial charge on any atom is 0.228 e. The maximum atomic E-state index is 9.22. The van der Waals surface area contributed by atoms with E-state index in [0.29, 0.717) is 24.3 Å². The molecule has 144 valence electrons. The van der Waals surface area contributed by atoms with Gasteiger partial charge in [0.1, 0.15) is 17.6 Å². The van der Waals surface area contributed by atoms with Crippen molar-refractivity contribution in [1.29, 1.82) is 5.41 Å². The summed E-state index contributed by atoms with van der Waals surface area (Å²) < 4.78 is 7.97. The Morgan fingerprint density at radius 3 is 2.59 bits per heavy atom. The molecule has 1 atom stereocenters. The van der Waals surface area contributed by atoms with Gasteiger partial charge in [0.15, 0.2) is 0 Å². The lowest BCUT2D eigenvalue weighted by atomic mass is 9.81. The minimum absolute atomic E-state index is 0.0790. The number of ether oxygens (including phenoxy) is 1. The Morgan fingerprint density at radius 1 is 0.966 bits per heavy atom. The number of hydrogen-bond donors (Lipinski definition) is 2. The van der Waals surface area contributed by atoms with Gasteiger partial charge < -0.3 is 14.4 Å². The minimum atomic E-state index is -0.150. The number of aryl methyl sites for hydroxylation is 1. The van der Waals surface area contributed by atoms with Gasteiger partial charge in [0, 0.05) is 24.6 Å². The first-order valence-electron chi connectivity index (χ1n) is 9.77. The van der Waals surface area contributed by atoms with Gasteiger partial charge in [-0.25, -0.2) is 4.98 Å². The van der Waals surface area contributed by atoms with E-state index in [1.165, 1.54) is 0 Å². The van der Waals surface area contributed by atoms with Crippen molar-refractivity contribution in [3.05, 3.63) is 95.2 Å². The van der Waals surface area contributed by atoms with Gasteiger partial charge in [-0.15, -0.1) is 0 Å². The lowest BCUT2D eigenvalue weighted by Gasteiger charge is -2.29. The summed E-state index contributed by atoms with van der Waals surface area (Å²) in [5.74, 6) is 1.11. The number of benzene rings is 3. The Hall–Kier alpha value is -3.44. The van der Waals surface area contributed by atoms with Crippen LogP contribution >= 0.6 is 0 Å². The molecule has 1 unspecified atom stereocenters. The van der Waals surface area contributed by atoms with Crippen molar-refractivity contribution in [3.8, 4) is 11.6 Å². The molecule has 5 rings (SSSR count). The van der Waals surface area contributed by atoms with Crippen LogP contribution in [0.25, 0.3) is 10.8 Å². The molecule has 0 amide bonds. The van der Waals surface area contributed by atoms with Crippen molar-refractivity contribution < 1.29 is 9.84 Å². The molecule has 0 fully saturated rings. The molecule has 0 saturated carbocycles. The van der Waals surface area contributed by atoms with E-state index in [1.807, 2.05) is 36.4 Å². The first kappa shape index (κ1) is 17.6. The minimum Gasteiger partial charge on any atom is -0.438 e. The van der Waals surface area contributed by atoms with E-state index in [9.17, 15) is 5.11 Å². The van der Waals surface area contributed by atoms with E-state index in [-0.39, 0.29) is 12.5 Å². The number of rotatable bonds is 4. The molecule has 5 heteroatoms. The average Bonchev–Trinajstić information content (AvgIpc) is 2.78. The highest BCUT2D eigenvalue weighted by Gasteiger charge is 2.33. The molecule has 2 N–H and O–H groups in total. The van der Waals surface area contributed by atoms with Crippen LogP contribution in [0.15, 0.2) is 73.1 Å². The van der Waals surface area contributed by atoms with Gasteiger partial charge in [-0.3, -0.25) is 5.41 Å². The number of hydrogen-bond acceptors (Lipinski definition) is 4. The molecule has 3 aromatic carbocycles. The summed E-state index contributed by atoms with van der Waals surface area (Å²) in [6.07, 6.45) is 2.21. The Bertz CT molecular complexity index is 1250. The second-order valence-electron chi connectivity index (χ2n) is 7.23. The van der Waals surface area contributed by atoms with E-state index in [4.69, 9.17) is 10.1 Å². The van der Waals surface area contributed by atoms with Crippen molar-refractivity contribution in [2.75, 3.05) is 6.61 Å². The third-order valence-corrected chi connectivity index (χ3v) is 5.49. The van der Waals surface area contributed by atoms with Crippen LogP contribution in [0.3, 0.4) is 0 Å². The molecule has 0 aliphatic carbocycles. The zero-order valence-corrected chi connectivity index (χ0v) is 15.9. The molecule has 1 aliphatic rings. The highest BCUT2D eigenvalue weighted by atomic mass is 16.5. The SMILES string of the molecule is N=c1c2c(ncn1CCCO)Oc1ccc3ccccc3c1C2c1ccccc1. The van der Waals surface area contributed by atoms with Crippen LogP contribution in [0.5, 0.6) is 11.6 Å². The lowest BCUT2D eigenvalue weighted by Crippen LogP contribution is -2.30.